The average Bonchev–Trinajstić information content (AvgIpc) is 2.34. The molecule has 0 spiro atoms. The third-order valence-electron chi connectivity index (χ3n) is 3.81. The van der Waals surface area contributed by atoms with E-state index in [1.807, 2.05) is 13.2 Å². The summed E-state index contributed by atoms with van der Waals surface area (Å²) in [6, 6.07) is 0.557. The van der Waals surface area contributed by atoms with E-state index < -0.39 is 0 Å². The maximum absolute atomic E-state index is 4.60. The first-order valence-electron chi connectivity index (χ1n) is 6.41. The van der Waals surface area contributed by atoms with Crippen LogP contribution >= 0.6 is 0 Å². The lowest BCUT2D eigenvalue weighted by Gasteiger charge is -2.39. The van der Waals surface area contributed by atoms with Gasteiger partial charge in [-0.25, -0.2) is 4.98 Å². The number of aryl methyl sites for hydroxylation is 1. The summed E-state index contributed by atoms with van der Waals surface area (Å²) in [6.07, 6.45) is 4.48. The van der Waals surface area contributed by atoms with Crippen molar-refractivity contribution in [1.29, 1.82) is 0 Å². The quantitative estimate of drug-likeness (QED) is 0.853. The molecule has 0 saturated carbocycles. The fraction of sp³-hybridized carbons (Fsp3) is 0.692. The SMILES string of the molecule is CNc1ncc(C)c(N2CCCC(C)C2C)n1. The lowest BCUT2D eigenvalue weighted by Crippen LogP contribution is -2.43. The molecule has 94 valence electrons. The number of anilines is 2. The summed E-state index contributed by atoms with van der Waals surface area (Å²) in [4.78, 5) is 11.3. The summed E-state index contributed by atoms with van der Waals surface area (Å²) < 4.78 is 0. The molecule has 0 amide bonds. The van der Waals surface area contributed by atoms with Crippen LogP contribution in [0.3, 0.4) is 0 Å². The van der Waals surface area contributed by atoms with E-state index in [-0.39, 0.29) is 0 Å². The molecule has 2 rings (SSSR count). The molecule has 1 N–H and O–H groups in total. The number of nitrogens with zero attached hydrogens (tertiary/aromatic N) is 3. The van der Waals surface area contributed by atoms with E-state index in [4.69, 9.17) is 0 Å². The number of hydrogen-bond acceptors (Lipinski definition) is 4. The van der Waals surface area contributed by atoms with Gasteiger partial charge in [-0.3, -0.25) is 0 Å². The predicted molar refractivity (Wildman–Crippen MR) is 71.5 cm³/mol. The highest BCUT2D eigenvalue weighted by atomic mass is 15.2. The largest absolute Gasteiger partial charge is 0.357 e. The topological polar surface area (TPSA) is 41.1 Å². The van der Waals surface area contributed by atoms with Crippen molar-refractivity contribution in [3.8, 4) is 0 Å². The molecule has 1 aromatic heterocycles. The van der Waals surface area contributed by atoms with Crippen molar-refractivity contribution in [3.63, 3.8) is 0 Å². The molecule has 0 bridgehead atoms. The molecule has 1 aliphatic rings. The van der Waals surface area contributed by atoms with Gasteiger partial charge < -0.3 is 10.2 Å². The van der Waals surface area contributed by atoms with Crippen molar-refractivity contribution in [2.45, 2.75) is 39.7 Å². The Balaban J connectivity index is 2.31. The number of piperidine rings is 1. The minimum atomic E-state index is 0.557. The van der Waals surface area contributed by atoms with Crippen LogP contribution in [0.25, 0.3) is 0 Å². The van der Waals surface area contributed by atoms with Gasteiger partial charge in [-0.1, -0.05) is 6.92 Å². The monoisotopic (exact) mass is 234 g/mol. The van der Waals surface area contributed by atoms with Crippen LogP contribution in [0.1, 0.15) is 32.3 Å². The summed E-state index contributed by atoms with van der Waals surface area (Å²) in [6.45, 7) is 7.81. The number of hydrogen-bond donors (Lipinski definition) is 1. The predicted octanol–water partition coefficient (Wildman–Crippen LogP) is 2.45. The molecule has 4 nitrogen and oxygen atoms in total. The molecule has 1 saturated heterocycles. The van der Waals surface area contributed by atoms with E-state index in [2.05, 4.69) is 41.0 Å². The minimum absolute atomic E-state index is 0.557. The molecule has 4 heteroatoms. The first kappa shape index (κ1) is 12.1. The third-order valence-corrected chi connectivity index (χ3v) is 3.81. The van der Waals surface area contributed by atoms with Gasteiger partial charge in [0.15, 0.2) is 0 Å². The number of nitrogens with one attached hydrogen (secondary N) is 1. The molecule has 2 atom stereocenters. The van der Waals surface area contributed by atoms with Crippen molar-refractivity contribution in [2.75, 3.05) is 23.8 Å². The van der Waals surface area contributed by atoms with Crippen LogP contribution in [-0.4, -0.2) is 29.6 Å². The summed E-state index contributed by atoms with van der Waals surface area (Å²) in [5.74, 6) is 2.52. The van der Waals surface area contributed by atoms with Gasteiger partial charge >= 0.3 is 0 Å². The van der Waals surface area contributed by atoms with Crippen LogP contribution in [0.15, 0.2) is 6.20 Å². The first-order chi connectivity index (χ1) is 8.13. The first-order valence-corrected chi connectivity index (χ1v) is 6.41. The molecule has 0 aromatic carbocycles. The molecule has 2 unspecified atom stereocenters. The Labute approximate surface area is 103 Å². The molecule has 17 heavy (non-hydrogen) atoms. The molecule has 2 heterocycles. The zero-order valence-corrected chi connectivity index (χ0v) is 11.2. The Bertz CT molecular complexity index is 391. The van der Waals surface area contributed by atoms with Gasteiger partial charge in [0.2, 0.25) is 5.95 Å². The zero-order valence-electron chi connectivity index (χ0n) is 11.2. The lowest BCUT2D eigenvalue weighted by atomic mass is 9.92. The molecular weight excluding hydrogens is 212 g/mol. The third kappa shape index (κ3) is 2.35. The van der Waals surface area contributed by atoms with Gasteiger partial charge in [0.1, 0.15) is 5.82 Å². The van der Waals surface area contributed by atoms with E-state index in [0.29, 0.717) is 12.0 Å². The maximum Gasteiger partial charge on any atom is 0.224 e. The van der Waals surface area contributed by atoms with Gasteiger partial charge in [-0.05, 0) is 32.6 Å². The molecular formula is C13H22N4. The standard InChI is InChI=1S/C13H22N4/c1-9-6-5-7-17(11(9)3)12-10(2)8-15-13(14-4)16-12/h8-9,11H,5-7H2,1-4H3,(H,14,15,16). The summed E-state index contributed by atoms with van der Waals surface area (Å²) in [5.41, 5.74) is 1.16. The Hall–Kier alpha value is -1.32. The van der Waals surface area contributed by atoms with E-state index >= 15 is 0 Å². The Morgan fingerprint density at radius 2 is 2.18 bits per heavy atom. The van der Waals surface area contributed by atoms with Crippen molar-refractivity contribution in [3.05, 3.63) is 11.8 Å². The average molecular weight is 234 g/mol. The van der Waals surface area contributed by atoms with Crippen LogP contribution in [0.2, 0.25) is 0 Å². The maximum atomic E-state index is 4.60. The minimum Gasteiger partial charge on any atom is -0.357 e. The van der Waals surface area contributed by atoms with E-state index in [1.54, 1.807) is 0 Å². The molecule has 0 radical (unpaired) electrons. The highest BCUT2D eigenvalue weighted by molar-refractivity contribution is 5.50. The number of rotatable bonds is 2. The summed E-state index contributed by atoms with van der Waals surface area (Å²) in [5, 5.41) is 3.01. The second kappa shape index (κ2) is 4.90. The fourth-order valence-electron chi connectivity index (χ4n) is 2.48. The van der Waals surface area contributed by atoms with Gasteiger partial charge in [-0.2, -0.15) is 4.98 Å². The van der Waals surface area contributed by atoms with Gasteiger partial charge in [0, 0.05) is 31.4 Å². The Morgan fingerprint density at radius 1 is 1.41 bits per heavy atom. The highest BCUT2D eigenvalue weighted by Gasteiger charge is 2.26. The smallest absolute Gasteiger partial charge is 0.224 e. The Morgan fingerprint density at radius 3 is 2.88 bits per heavy atom. The van der Waals surface area contributed by atoms with Crippen LogP contribution < -0.4 is 10.2 Å². The van der Waals surface area contributed by atoms with Crippen molar-refractivity contribution >= 4 is 11.8 Å². The van der Waals surface area contributed by atoms with Crippen LogP contribution in [0.5, 0.6) is 0 Å². The lowest BCUT2D eigenvalue weighted by molar-refractivity contribution is 0.361. The summed E-state index contributed by atoms with van der Waals surface area (Å²) in [7, 11) is 1.86. The van der Waals surface area contributed by atoms with Crippen molar-refractivity contribution in [1.82, 2.24) is 9.97 Å². The molecule has 1 aromatic rings. The highest BCUT2D eigenvalue weighted by Crippen LogP contribution is 2.29. The van der Waals surface area contributed by atoms with Crippen LogP contribution in [-0.2, 0) is 0 Å². The fourth-order valence-corrected chi connectivity index (χ4v) is 2.48. The molecule has 1 fully saturated rings. The second-order valence-corrected chi connectivity index (χ2v) is 5.00. The van der Waals surface area contributed by atoms with Gasteiger partial charge in [0.25, 0.3) is 0 Å². The van der Waals surface area contributed by atoms with Crippen LogP contribution in [0, 0.1) is 12.8 Å². The van der Waals surface area contributed by atoms with E-state index in [0.717, 1.165) is 23.8 Å². The zero-order chi connectivity index (χ0) is 12.4. The second-order valence-electron chi connectivity index (χ2n) is 5.00. The van der Waals surface area contributed by atoms with Crippen molar-refractivity contribution < 1.29 is 0 Å². The molecule has 0 aliphatic carbocycles. The van der Waals surface area contributed by atoms with Gasteiger partial charge in [0.05, 0.1) is 0 Å². The Kier molecular flexibility index (Phi) is 3.50. The summed E-state index contributed by atoms with van der Waals surface area (Å²) >= 11 is 0. The van der Waals surface area contributed by atoms with E-state index in [1.165, 1.54) is 12.8 Å². The van der Waals surface area contributed by atoms with E-state index in [9.17, 15) is 0 Å². The number of aromatic nitrogens is 2. The molecule has 1 aliphatic heterocycles. The van der Waals surface area contributed by atoms with Gasteiger partial charge in [-0.15, -0.1) is 0 Å². The van der Waals surface area contributed by atoms with Crippen LogP contribution in [0.4, 0.5) is 11.8 Å². The van der Waals surface area contributed by atoms with Crippen molar-refractivity contribution in [2.24, 2.45) is 5.92 Å². The normalized spacial score (nSPS) is 24.8.